The molecule has 0 fully saturated rings. The molecule has 28 heavy (non-hydrogen) atoms. The molecule has 0 unspecified atom stereocenters. The highest BCUT2D eigenvalue weighted by molar-refractivity contribution is 7.89. The second-order valence-corrected chi connectivity index (χ2v) is 8.78. The van der Waals surface area contributed by atoms with Crippen molar-refractivity contribution in [2.45, 2.75) is 12.3 Å². The number of hydrogen-bond donors (Lipinski definition) is 1. The molecule has 0 aliphatic carbocycles. The molecule has 144 valence electrons. The van der Waals surface area contributed by atoms with Crippen molar-refractivity contribution in [3.05, 3.63) is 60.2 Å². The molecular weight excluding hydrogens is 378 g/mol. The summed E-state index contributed by atoms with van der Waals surface area (Å²) >= 11 is 0. The van der Waals surface area contributed by atoms with E-state index in [0.717, 1.165) is 22.2 Å². The van der Waals surface area contributed by atoms with Crippen LogP contribution >= 0.6 is 0 Å². The van der Waals surface area contributed by atoms with Crippen LogP contribution in [0.4, 0.5) is 11.6 Å². The van der Waals surface area contributed by atoms with Gasteiger partial charge < -0.3 is 5.32 Å². The van der Waals surface area contributed by atoms with Crippen molar-refractivity contribution in [2.24, 2.45) is 7.05 Å². The predicted molar refractivity (Wildman–Crippen MR) is 106 cm³/mol. The summed E-state index contributed by atoms with van der Waals surface area (Å²) in [7, 11) is -1.30. The molecule has 3 heterocycles. The SMILES string of the molecule is Cn1cc(Nc2ncc3cnn(Cc4ccccc4CS(C)(=O)=O)c3n2)cn1. The number of nitrogens with zero attached hydrogens (tertiary/aromatic N) is 6. The molecule has 9 nitrogen and oxygen atoms in total. The van der Waals surface area contributed by atoms with Gasteiger partial charge >= 0.3 is 0 Å². The maximum atomic E-state index is 11.7. The molecule has 0 amide bonds. The van der Waals surface area contributed by atoms with Gasteiger partial charge in [-0.1, -0.05) is 24.3 Å². The normalized spacial score (nSPS) is 11.8. The molecule has 3 aromatic heterocycles. The van der Waals surface area contributed by atoms with Crippen molar-refractivity contribution in [1.29, 1.82) is 0 Å². The van der Waals surface area contributed by atoms with E-state index in [-0.39, 0.29) is 5.75 Å². The Morgan fingerprint density at radius 1 is 1.07 bits per heavy atom. The summed E-state index contributed by atoms with van der Waals surface area (Å²) < 4.78 is 26.9. The van der Waals surface area contributed by atoms with Crippen LogP contribution in [0.2, 0.25) is 0 Å². The minimum absolute atomic E-state index is 0.00876. The summed E-state index contributed by atoms with van der Waals surface area (Å²) in [4.78, 5) is 8.87. The van der Waals surface area contributed by atoms with Gasteiger partial charge in [0.1, 0.15) is 0 Å². The van der Waals surface area contributed by atoms with Crippen LogP contribution < -0.4 is 5.32 Å². The maximum Gasteiger partial charge on any atom is 0.229 e. The number of sulfone groups is 1. The van der Waals surface area contributed by atoms with E-state index in [1.165, 1.54) is 6.26 Å². The van der Waals surface area contributed by atoms with Gasteiger partial charge in [-0.15, -0.1) is 0 Å². The molecule has 10 heteroatoms. The van der Waals surface area contributed by atoms with E-state index < -0.39 is 9.84 Å². The Hall–Kier alpha value is -3.27. The van der Waals surface area contributed by atoms with Gasteiger partial charge in [-0.05, 0) is 11.1 Å². The highest BCUT2D eigenvalue weighted by Gasteiger charge is 2.12. The van der Waals surface area contributed by atoms with Crippen LogP contribution in [-0.2, 0) is 29.2 Å². The van der Waals surface area contributed by atoms with Gasteiger partial charge in [0, 0.05) is 25.7 Å². The third-order valence-corrected chi connectivity index (χ3v) is 5.03. The average molecular weight is 397 g/mol. The van der Waals surface area contributed by atoms with E-state index in [1.54, 1.807) is 28.0 Å². The summed E-state index contributed by atoms with van der Waals surface area (Å²) in [5.74, 6) is 0.428. The number of benzene rings is 1. The quantitative estimate of drug-likeness (QED) is 0.529. The lowest BCUT2D eigenvalue weighted by Crippen LogP contribution is -2.09. The summed E-state index contributed by atoms with van der Waals surface area (Å²) in [6.45, 7) is 0.415. The highest BCUT2D eigenvalue weighted by Crippen LogP contribution is 2.19. The number of hydrogen-bond acceptors (Lipinski definition) is 7. The monoisotopic (exact) mass is 397 g/mol. The van der Waals surface area contributed by atoms with Crippen LogP contribution in [0, 0.1) is 0 Å². The fraction of sp³-hybridized carbons (Fsp3) is 0.222. The zero-order chi connectivity index (χ0) is 19.7. The third-order valence-electron chi connectivity index (χ3n) is 4.19. The van der Waals surface area contributed by atoms with Crippen LogP contribution in [0.25, 0.3) is 11.0 Å². The van der Waals surface area contributed by atoms with E-state index in [4.69, 9.17) is 0 Å². The van der Waals surface area contributed by atoms with Gasteiger partial charge in [0.2, 0.25) is 5.95 Å². The zero-order valence-corrected chi connectivity index (χ0v) is 16.3. The lowest BCUT2D eigenvalue weighted by atomic mass is 10.1. The lowest BCUT2D eigenvalue weighted by molar-refractivity contribution is 0.600. The molecular formula is C18H19N7O2S. The van der Waals surface area contributed by atoms with E-state index >= 15 is 0 Å². The Kier molecular flexibility index (Phi) is 4.55. The van der Waals surface area contributed by atoms with Crippen molar-refractivity contribution in [3.8, 4) is 0 Å². The fourth-order valence-electron chi connectivity index (χ4n) is 2.95. The highest BCUT2D eigenvalue weighted by atomic mass is 32.2. The standard InChI is InChI=1S/C18H19N7O2S/c1-24-11-16(9-20-24)22-18-19-7-15-8-21-25(17(15)23-18)10-13-5-3-4-6-14(13)12-28(2,26)27/h3-9,11H,10,12H2,1-2H3,(H,19,22,23). The van der Waals surface area contributed by atoms with Crippen LogP contribution in [0.15, 0.2) is 49.1 Å². The van der Waals surface area contributed by atoms with Crippen molar-refractivity contribution in [2.75, 3.05) is 11.6 Å². The molecule has 0 saturated heterocycles. The van der Waals surface area contributed by atoms with Crippen molar-refractivity contribution in [1.82, 2.24) is 29.5 Å². The number of aromatic nitrogens is 6. The maximum absolute atomic E-state index is 11.7. The molecule has 0 aliphatic rings. The van der Waals surface area contributed by atoms with E-state index in [0.29, 0.717) is 18.1 Å². The molecule has 0 saturated carbocycles. The van der Waals surface area contributed by atoms with E-state index in [2.05, 4.69) is 25.5 Å². The largest absolute Gasteiger partial charge is 0.321 e. The van der Waals surface area contributed by atoms with Crippen LogP contribution in [0.3, 0.4) is 0 Å². The topological polar surface area (TPSA) is 108 Å². The Morgan fingerprint density at radius 2 is 1.86 bits per heavy atom. The average Bonchev–Trinajstić information content (AvgIpc) is 3.22. The summed E-state index contributed by atoms with van der Waals surface area (Å²) in [5.41, 5.74) is 3.09. The Labute approximate surface area is 162 Å². The first kappa shape index (κ1) is 18.1. The van der Waals surface area contributed by atoms with Gasteiger partial charge in [-0.25, -0.2) is 18.1 Å². The van der Waals surface area contributed by atoms with Crippen LogP contribution in [-0.4, -0.2) is 44.2 Å². The molecule has 4 rings (SSSR count). The van der Waals surface area contributed by atoms with Gasteiger partial charge in [0.25, 0.3) is 0 Å². The smallest absolute Gasteiger partial charge is 0.229 e. The number of anilines is 2. The van der Waals surface area contributed by atoms with E-state index in [9.17, 15) is 8.42 Å². The molecule has 4 aromatic rings. The summed E-state index contributed by atoms with van der Waals surface area (Å²) in [5, 5.41) is 12.4. The lowest BCUT2D eigenvalue weighted by Gasteiger charge is -2.10. The van der Waals surface area contributed by atoms with Gasteiger partial charge in [0.15, 0.2) is 15.5 Å². The second kappa shape index (κ2) is 7.04. The van der Waals surface area contributed by atoms with Gasteiger partial charge in [0.05, 0.1) is 35.8 Å². The van der Waals surface area contributed by atoms with Crippen molar-refractivity contribution in [3.63, 3.8) is 0 Å². The zero-order valence-electron chi connectivity index (χ0n) is 15.4. The third kappa shape index (κ3) is 4.01. The molecule has 0 aliphatic heterocycles. The van der Waals surface area contributed by atoms with Crippen molar-refractivity contribution < 1.29 is 8.42 Å². The molecule has 1 N–H and O–H groups in total. The fourth-order valence-corrected chi connectivity index (χ4v) is 3.80. The Bertz CT molecular complexity index is 1240. The molecule has 0 bridgehead atoms. The molecule has 1 aromatic carbocycles. The number of fused-ring (bicyclic) bond motifs is 1. The molecule has 0 spiro atoms. The molecule has 0 radical (unpaired) electrons. The Morgan fingerprint density at radius 3 is 2.57 bits per heavy atom. The first-order valence-electron chi connectivity index (χ1n) is 8.56. The van der Waals surface area contributed by atoms with Gasteiger partial charge in [-0.3, -0.25) is 4.68 Å². The van der Waals surface area contributed by atoms with Gasteiger partial charge in [-0.2, -0.15) is 15.2 Å². The van der Waals surface area contributed by atoms with Crippen LogP contribution in [0.5, 0.6) is 0 Å². The predicted octanol–water partition coefficient (Wildman–Crippen LogP) is 1.90. The minimum atomic E-state index is -3.13. The number of rotatable bonds is 6. The minimum Gasteiger partial charge on any atom is -0.321 e. The van der Waals surface area contributed by atoms with Crippen molar-refractivity contribution >= 4 is 32.5 Å². The number of aryl methyl sites for hydroxylation is 1. The first-order chi connectivity index (χ1) is 13.4. The van der Waals surface area contributed by atoms with E-state index in [1.807, 2.05) is 37.5 Å². The molecule has 0 atom stereocenters. The Balaban J connectivity index is 1.65. The van der Waals surface area contributed by atoms with Crippen LogP contribution in [0.1, 0.15) is 11.1 Å². The summed E-state index contributed by atoms with van der Waals surface area (Å²) in [6.07, 6.45) is 8.14. The first-order valence-corrected chi connectivity index (χ1v) is 10.6. The second-order valence-electron chi connectivity index (χ2n) is 6.64. The number of nitrogens with one attached hydrogen (secondary N) is 1. The summed E-state index contributed by atoms with van der Waals surface area (Å²) in [6, 6.07) is 7.46.